The van der Waals surface area contributed by atoms with Crippen molar-refractivity contribution in [3.05, 3.63) is 83.7 Å². The Hall–Kier alpha value is -3.94. The van der Waals surface area contributed by atoms with Crippen LogP contribution in [0, 0.1) is 11.8 Å². The molecule has 2 heterocycles. The molecule has 1 aliphatic rings. The van der Waals surface area contributed by atoms with E-state index in [1.165, 1.54) is 0 Å². The Kier molecular flexibility index (Phi) is 12.4. The van der Waals surface area contributed by atoms with Gasteiger partial charge in [0.25, 0.3) is 0 Å². The molecule has 0 spiro atoms. The third-order valence-electron chi connectivity index (χ3n) is 6.77. The quantitative estimate of drug-likeness (QED) is 0.135. The van der Waals surface area contributed by atoms with Gasteiger partial charge in [0.15, 0.2) is 0 Å². The fourth-order valence-corrected chi connectivity index (χ4v) is 4.52. The van der Waals surface area contributed by atoms with Crippen LogP contribution in [0.25, 0.3) is 0 Å². The van der Waals surface area contributed by atoms with Crippen molar-refractivity contribution in [2.24, 2.45) is 0 Å². The van der Waals surface area contributed by atoms with E-state index < -0.39 is 11.9 Å². The van der Waals surface area contributed by atoms with Crippen LogP contribution in [0.4, 0.5) is 16.2 Å². The highest BCUT2D eigenvalue weighted by molar-refractivity contribution is 5.99. The van der Waals surface area contributed by atoms with Gasteiger partial charge >= 0.3 is 6.03 Å². The minimum Gasteiger partial charge on any atom is -0.463 e. The number of fused-ring (bicyclic) bond motifs is 1. The number of unbranched alkanes of at least 4 members (excludes halogenated alkanes) is 3. The summed E-state index contributed by atoms with van der Waals surface area (Å²) in [5.41, 5.74) is 3.95. The van der Waals surface area contributed by atoms with E-state index in [-0.39, 0.29) is 6.03 Å². The fourth-order valence-electron chi connectivity index (χ4n) is 4.52. The van der Waals surface area contributed by atoms with Crippen LogP contribution < -0.4 is 20.7 Å². The molecule has 9 heteroatoms. The smallest absolute Gasteiger partial charge is 0.323 e. The summed E-state index contributed by atoms with van der Waals surface area (Å²) >= 11 is 0. The maximum atomic E-state index is 12.2. The summed E-state index contributed by atoms with van der Waals surface area (Å²) in [5.74, 6) is 6.46. The summed E-state index contributed by atoms with van der Waals surface area (Å²) in [4.78, 5) is 16.1. The molecule has 4 rings (SSSR count). The number of pyridine rings is 1. The highest BCUT2D eigenvalue weighted by Gasteiger charge is 2.27. The van der Waals surface area contributed by atoms with Crippen LogP contribution in [0.2, 0.25) is 0 Å². The van der Waals surface area contributed by atoms with Gasteiger partial charge in [-0.05, 0) is 67.4 Å². The number of carbonyl (C=O) groups excluding carboxylic acids is 1. The van der Waals surface area contributed by atoms with Crippen molar-refractivity contribution in [3.63, 3.8) is 0 Å². The van der Waals surface area contributed by atoms with Gasteiger partial charge in [0, 0.05) is 56.4 Å². The van der Waals surface area contributed by atoms with E-state index in [0.29, 0.717) is 37.6 Å². The van der Waals surface area contributed by atoms with Gasteiger partial charge in [-0.1, -0.05) is 36.8 Å². The highest BCUT2D eigenvalue weighted by atomic mass is 16.7. The molecule has 3 aromatic rings. The second-order valence-electron chi connectivity index (χ2n) is 10.9. The number of hydrogen-bond donors (Lipinski definition) is 4. The summed E-state index contributed by atoms with van der Waals surface area (Å²) in [7, 11) is 0. The lowest BCUT2D eigenvalue weighted by molar-refractivity contribution is -0.180. The second-order valence-corrected chi connectivity index (χ2v) is 10.9. The molecule has 2 aromatic carbocycles. The number of rotatable bonds is 14. The maximum absolute atomic E-state index is 12.2. The molecule has 2 amide bonds. The van der Waals surface area contributed by atoms with Crippen molar-refractivity contribution >= 4 is 17.4 Å². The predicted octanol–water partition coefficient (Wildman–Crippen LogP) is 6.01. The first-order chi connectivity index (χ1) is 20.9. The van der Waals surface area contributed by atoms with Crippen molar-refractivity contribution in [1.82, 2.24) is 10.3 Å². The zero-order valence-electron chi connectivity index (χ0n) is 25.0. The number of ether oxygens (including phenoxy) is 3. The van der Waals surface area contributed by atoms with Crippen LogP contribution in [-0.2, 0) is 16.1 Å². The zero-order valence-corrected chi connectivity index (χ0v) is 25.0. The van der Waals surface area contributed by atoms with Gasteiger partial charge in [-0.3, -0.25) is 4.98 Å². The number of anilines is 2. The number of aromatic nitrogens is 1. The lowest BCUT2D eigenvalue weighted by atomic mass is 10.0. The average Bonchev–Trinajstić information content (AvgIpc) is 2.99. The Balaban J connectivity index is 1.00. The van der Waals surface area contributed by atoms with Crippen molar-refractivity contribution in [3.8, 4) is 17.6 Å². The maximum Gasteiger partial charge on any atom is 0.323 e. The molecule has 1 aromatic heterocycles. The number of benzene rings is 2. The molecular formula is C34H42N4O5. The summed E-state index contributed by atoms with van der Waals surface area (Å²) in [6, 6.07) is 16.4. The largest absolute Gasteiger partial charge is 0.463 e. The van der Waals surface area contributed by atoms with Gasteiger partial charge < -0.3 is 35.3 Å². The molecule has 4 N–H and O–H groups in total. The van der Waals surface area contributed by atoms with Gasteiger partial charge in [0.1, 0.15) is 5.75 Å². The van der Waals surface area contributed by atoms with Gasteiger partial charge in [-0.15, -0.1) is 0 Å². The lowest BCUT2D eigenvalue weighted by Gasteiger charge is -2.33. The molecule has 43 heavy (non-hydrogen) atoms. The first-order valence-corrected chi connectivity index (χ1v) is 14.9. The summed E-state index contributed by atoms with van der Waals surface area (Å²) < 4.78 is 17.3. The molecule has 1 aliphatic heterocycles. The minimum atomic E-state index is -0.618. The summed E-state index contributed by atoms with van der Waals surface area (Å²) in [6.07, 6.45) is 7.60. The molecule has 0 radical (unpaired) electrons. The summed E-state index contributed by atoms with van der Waals surface area (Å²) in [5, 5.41) is 19.4. The number of nitrogens with one attached hydrogen (secondary N) is 3. The second kappa shape index (κ2) is 16.6. The zero-order chi connectivity index (χ0) is 30.3. The number of aliphatic hydroxyl groups excluding tert-OH is 1. The number of hydrogen-bond acceptors (Lipinski definition) is 7. The third kappa shape index (κ3) is 11.3. The van der Waals surface area contributed by atoms with E-state index in [1.807, 2.05) is 56.3 Å². The van der Waals surface area contributed by atoms with Crippen molar-refractivity contribution in [2.75, 3.05) is 36.9 Å². The number of urea groups is 1. The molecule has 9 nitrogen and oxygen atoms in total. The van der Waals surface area contributed by atoms with Crippen LogP contribution in [0.5, 0.6) is 5.75 Å². The normalized spacial score (nSPS) is 14.0. The first-order valence-electron chi connectivity index (χ1n) is 14.9. The Morgan fingerprint density at radius 2 is 1.88 bits per heavy atom. The van der Waals surface area contributed by atoms with Crippen LogP contribution in [0.3, 0.4) is 0 Å². The van der Waals surface area contributed by atoms with Crippen LogP contribution >= 0.6 is 0 Å². The van der Waals surface area contributed by atoms with Crippen LogP contribution in [0.1, 0.15) is 68.7 Å². The van der Waals surface area contributed by atoms with Gasteiger partial charge in [-0.2, -0.15) is 0 Å². The molecular weight excluding hydrogens is 544 g/mol. The monoisotopic (exact) mass is 586 g/mol. The SMILES string of the molecule is CC1(C)OCc2cc([C@@H](O)CNCCCCCCOCCC#Cc3cccc(NC(=O)Nc4cccnc4)c3)ccc2O1. The van der Waals surface area contributed by atoms with E-state index in [4.69, 9.17) is 14.2 Å². The minimum absolute atomic E-state index is 0.334. The van der Waals surface area contributed by atoms with E-state index >= 15 is 0 Å². The first kappa shape index (κ1) is 32.0. The Bertz CT molecular complexity index is 1370. The van der Waals surface area contributed by atoms with Crippen molar-refractivity contribution in [2.45, 2.75) is 64.4 Å². The third-order valence-corrected chi connectivity index (χ3v) is 6.77. The highest BCUT2D eigenvalue weighted by Crippen LogP contribution is 2.32. The topological polar surface area (TPSA) is 114 Å². The van der Waals surface area contributed by atoms with E-state index in [9.17, 15) is 9.90 Å². The summed E-state index contributed by atoms with van der Waals surface area (Å²) in [6.45, 7) is 6.97. The molecule has 0 saturated carbocycles. The fraction of sp³-hybridized carbons (Fsp3) is 0.412. The van der Waals surface area contributed by atoms with E-state index in [0.717, 1.165) is 61.3 Å². The molecule has 0 bridgehead atoms. The standard InChI is InChI=1S/C34H42N4O5/c1-34(2)42-25-28-22-27(15-16-32(28)43-34)31(39)24-36-17-6-3-4-7-19-41-20-8-5-11-26-12-9-13-29(21-26)37-33(40)38-30-14-10-18-35-23-30/h9-10,12-16,18,21-23,31,36,39H,3-4,6-8,17,19-20,24-25H2,1-2H3,(H2,37,38,40)/t31-/m0/s1. The predicted molar refractivity (Wildman–Crippen MR) is 168 cm³/mol. The molecule has 0 saturated heterocycles. The van der Waals surface area contributed by atoms with Gasteiger partial charge in [0.05, 0.1) is 31.2 Å². The van der Waals surface area contributed by atoms with Gasteiger partial charge in [0.2, 0.25) is 5.79 Å². The molecule has 0 fully saturated rings. The van der Waals surface area contributed by atoms with E-state index in [1.54, 1.807) is 24.5 Å². The van der Waals surface area contributed by atoms with Gasteiger partial charge in [-0.25, -0.2) is 4.79 Å². The van der Waals surface area contributed by atoms with Crippen LogP contribution in [-0.4, -0.2) is 48.2 Å². The van der Waals surface area contributed by atoms with Crippen LogP contribution in [0.15, 0.2) is 67.0 Å². The molecule has 0 unspecified atom stereocenters. The Morgan fingerprint density at radius 3 is 2.74 bits per heavy atom. The lowest BCUT2D eigenvalue weighted by Crippen LogP contribution is -2.35. The Labute approximate surface area is 254 Å². The number of nitrogens with zero attached hydrogens (tertiary/aromatic N) is 1. The molecule has 228 valence electrons. The Morgan fingerprint density at radius 1 is 1.05 bits per heavy atom. The van der Waals surface area contributed by atoms with Crippen molar-refractivity contribution < 1.29 is 24.1 Å². The number of amides is 2. The molecule has 0 aliphatic carbocycles. The van der Waals surface area contributed by atoms with Crippen molar-refractivity contribution in [1.29, 1.82) is 0 Å². The average molecular weight is 587 g/mol. The van der Waals surface area contributed by atoms with E-state index in [2.05, 4.69) is 32.8 Å². The number of aliphatic hydroxyl groups is 1. The number of carbonyl (C=O) groups is 1. The molecule has 1 atom stereocenters.